The van der Waals surface area contributed by atoms with Crippen LogP contribution in [0.3, 0.4) is 0 Å². The van der Waals surface area contributed by atoms with E-state index in [1.54, 1.807) is 9.06 Å². The standard InChI is InChI=1S/C12H21B.2CH3.Sn/c1-6-11-13(9-4,10-5)12(7-2)8-3;;;/h7,9-10H2,1-5H3;2*1H3;/q-1;;;+1. The van der Waals surface area contributed by atoms with Crippen molar-refractivity contribution in [2.45, 2.75) is 63.6 Å². The normalized spacial score (nSPS) is 12.7. The third kappa shape index (κ3) is 3.59. The van der Waals surface area contributed by atoms with E-state index in [0.717, 1.165) is 0 Å². The SMILES string of the molecule is CC#C[B-](CC)(CC)/C(CC)=[C](/C)[Sn+]([CH3])[CH3]. The van der Waals surface area contributed by atoms with Crippen LogP contribution in [0.5, 0.6) is 0 Å². The third-order valence-electron chi connectivity index (χ3n) is 4.09. The van der Waals surface area contributed by atoms with Gasteiger partial charge in [0.25, 0.3) is 0 Å². The molecule has 0 fully saturated rings. The Kier molecular flexibility index (Phi) is 7.56. The van der Waals surface area contributed by atoms with Gasteiger partial charge in [0.05, 0.1) is 0 Å². The molecule has 0 saturated carbocycles. The Morgan fingerprint density at radius 1 is 1.12 bits per heavy atom. The van der Waals surface area contributed by atoms with E-state index in [-0.39, 0.29) is 0 Å². The average molecular weight is 325 g/mol. The summed E-state index contributed by atoms with van der Waals surface area (Å²) in [6, 6.07) is 0. The molecule has 0 amide bonds. The summed E-state index contributed by atoms with van der Waals surface area (Å²) in [6.45, 7) is 11.3. The van der Waals surface area contributed by atoms with Crippen LogP contribution in [0.25, 0.3) is 0 Å². The van der Waals surface area contributed by atoms with Gasteiger partial charge < -0.3 is 0 Å². The topological polar surface area (TPSA) is 0 Å². The van der Waals surface area contributed by atoms with Crippen LogP contribution in [-0.2, 0) is 0 Å². The Bertz CT molecular complexity index is 300. The van der Waals surface area contributed by atoms with Gasteiger partial charge in [-0.3, -0.25) is 0 Å². The van der Waals surface area contributed by atoms with Gasteiger partial charge in [0.2, 0.25) is 0 Å². The summed E-state index contributed by atoms with van der Waals surface area (Å²) >= 11 is -1.21. The van der Waals surface area contributed by atoms with Crippen LogP contribution in [0.1, 0.15) is 41.0 Å². The first kappa shape index (κ1) is 16.2. The molecular weight excluding hydrogens is 298 g/mol. The monoisotopic (exact) mass is 326 g/mol. The summed E-state index contributed by atoms with van der Waals surface area (Å²) in [5, 5.41) is 0. The van der Waals surface area contributed by atoms with Crippen molar-refractivity contribution in [3.8, 4) is 11.7 Å². The fourth-order valence-corrected chi connectivity index (χ4v) is 5.87. The van der Waals surface area contributed by atoms with E-state index in [0.29, 0.717) is 0 Å². The summed E-state index contributed by atoms with van der Waals surface area (Å²) in [4.78, 5) is 4.97. The molecule has 0 spiro atoms. The van der Waals surface area contributed by atoms with Crippen molar-refractivity contribution in [1.82, 2.24) is 0 Å². The Hall–Kier alpha value is 0.164. The maximum absolute atomic E-state index is 3.57. The first-order valence-electron chi connectivity index (χ1n) is 6.62. The van der Waals surface area contributed by atoms with E-state index in [9.17, 15) is 0 Å². The van der Waals surface area contributed by atoms with E-state index in [1.807, 2.05) is 6.92 Å². The molecule has 0 N–H and O–H groups in total. The first-order valence-corrected chi connectivity index (χ1v) is 13.8. The summed E-state index contributed by atoms with van der Waals surface area (Å²) in [6.07, 6.45) is 3.09. The second-order valence-electron chi connectivity index (χ2n) is 4.96. The second kappa shape index (κ2) is 7.48. The van der Waals surface area contributed by atoms with Crippen LogP contribution in [0.4, 0.5) is 0 Å². The Morgan fingerprint density at radius 3 is 1.88 bits per heavy atom. The molecule has 0 saturated heterocycles. The van der Waals surface area contributed by atoms with Gasteiger partial charge >= 0.3 is 110 Å². The van der Waals surface area contributed by atoms with Crippen molar-refractivity contribution < 1.29 is 0 Å². The van der Waals surface area contributed by atoms with E-state index >= 15 is 0 Å². The molecule has 0 heterocycles. The number of allylic oxidation sites excluding steroid dienone is 2. The van der Waals surface area contributed by atoms with Crippen molar-refractivity contribution >= 4 is 25.9 Å². The fourth-order valence-electron chi connectivity index (χ4n) is 2.74. The minimum absolute atomic E-state index is 0.549. The van der Waals surface area contributed by atoms with Crippen LogP contribution in [0, 0.1) is 11.7 Å². The van der Waals surface area contributed by atoms with E-state index in [1.165, 1.54) is 19.1 Å². The van der Waals surface area contributed by atoms with Gasteiger partial charge in [-0.15, -0.1) is 0 Å². The maximum atomic E-state index is 3.57. The summed E-state index contributed by atoms with van der Waals surface area (Å²) in [5.41, 5.74) is 1.72. The predicted molar refractivity (Wildman–Crippen MR) is 80.6 cm³/mol. The van der Waals surface area contributed by atoms with Gasteiger partial charge in [0.15, 0.2) is 0 Å². The van der Waals surface area contributed by atoms with E-state index in [2.05, 4.69) is 49.3 Å². The molecule has 90 valence electrons. The number of hydrogen-bond donors (Lipinski definition) is 0. The molecule has 2 heteroatoms. The molecule has 0 nitrogen and oxygen atoms in total. The van der Waals surface area contributed by atoms with Crippen LogP contribution in [0.15, 0.2) is 9.06 Å². The Morgan fingerprint density at radius 2 is 1.62 bits per heavy atom. The average Bonchev–Trinajstić information content (AvgIpc) is 2.28. The molecule has 0 aliphatic heterocycles. The molecule has 0 aliphatic carbocycles. The quantitative estimate of drug-likeness (QED) is 0.512. The van der Waals surface area contributed by atoms with Crippen LogP contribution in [-0.4, -0.2) is 25.9 Å². The van der Waals surface area contributed by atoms with Crippen molar-refractivity contribution in [2.24, 2.45) is 0 Å². The van der Waals surface area contributed by atoms with Gasteiger partial charge in [0, 0.05) is 0 Å². The molecule has 0 radical (unpaired) electrons. The molecular formula is C14H27BSn. The van der Waals surface area contributed by atoms with E-state index in [4.69, 9.17) is 0 Å². The molecule has 0 rings (SSSR count). The van der Waals surface area contributed by atoms with E-state index < -0.39 is 25.9 Å². The van der Waals surface area contributed by atoms with Crippen LogP contribution in [0.2, 0.25) is 22.5 Å². The van der Waals surface area contributed by atoms with Gasteiger partial charge in [-0.25, -0.2) is 0 Å². The molecule has 0 aromatic carbocycles. The zero-order chi connectivity index (χ0) is 12.8. The van der Waals surface area contributed by atoms with Crippen molar-refractivity contribution in [1.29, 1.82) is 0 Å². The second-order valence-corrected chi connectivity index (χ2v) is 12.8. The third-order valence-corrected chi connectivity index (χ3v) is 9.29. The van der Waals surface area contributed by atoms with Crippen molar-refractivity contribution in [3.05, 3.63) is 9.06 Å². The minimum atomic E-state index is -1.21. The summed E-state index contributed by atoms with van der Waals surface area (Å²) < 4.78 is 1.76. The molecule has 16 heavy (non-hydrogen) atoms. The molecule has 0 aliphatic rings. The predicted octanol–water partition coefficient (Wildman–Crippen LogP) is 4.60. The van der Waals surface area contributed by atoms with Gasteiger partial charge in [-0.2, -0.15) is 0 Å². The Labute approximate surface area is 110 Å². The van der Waals surface area contributed by atoms with Crippen molar-refractivity contribution in [3.63, 3.8) is 0 Å². The van der Waals surface area contributed by atoms with Crippen molar-refractivity contribution in [2.75, 3.05) is 0 Å². The Balaban J connectivity index is 5.62. The fraction of sp³-hybridized carbons (Fsp3) is 0.714. The van der Waals surface area contributed by atoms with Gasteiger partial charge in [-0.1, -0.05) is 0 Å². The summed E-state index contributed by atoms with van der Waals surface area (Å²) in [5.74, 6) is 6.75. The zero-order valence-corrected chi connectivity index (χ0v) is 15.1. The number of rotatable bonds is 5. The molecule has 0 atom stereocenters. The molecule has 0 aromatic heterocycles. The molecule has 0 bridgehead atoms. The number of hydrogen-bond acceptors (Lipinski definition) is 0. The summed E-state index contributed by atoms with van der Waals surface area (Å²) in [7, 11) is 0. The molecule has 0 unspecified atom stereocenters. The van der Waals surface area contributed by atoms with Crippen LogP contribution >= 0.6 is 0 Å². The first-order chi connectivity index (χ1) is 7.48. The van der Waals surface area contributed by atoms with Gasteiger partial charge in [-0.05, 0) is 0 Å². The van der Waals surface area contributed by atoms with Crippen LogP contribution < -0.4 is 0 Å². The molecule has 0 aromatic rings. The zero-order valence-electron chi connectivity index (χ0n) is 12.2. The van der Waals surface area contributed by atoms with Gasteiger partial charge in [0.1, 0.15) is 0 Å².